The lowest BCUT2D eigenvalue weighted by Gasteiger charge is -2.44. The van der Waals surface area contributed by atoms with Crippen molar-refractivity contribution in [3.05, 3.63) is 42.5 Å². The van der Waals surface area contributed by atoms with E-state index < -0.39 is 0 Å². The second-order valence-corrected chi connectivity index (χ2v) is 8.93. The zero-order valence-electron chi connectivity index (χ0n) is 16.0. The maximum Gasteiger partial charge on any atom is 0.0367 e. The van der Waals surface area contributed by atoms with Crippen LogP contribution in [0.2, 0.25) is 0 Å². The Kier molecular flexibility index (Phi) is 4.76. The molecular weight excluding hydrogens is 318 g/mol. The van der Waals surface area contributed by atoms with E-state index in [1.54, 1.807) is 0 Å². The molecule has 3 nitrogen and oxygen atoms in total. The first-order valence-electron chi connectivity index (χ1n) is 10.8. The van der Waals surface area contributed by atoms with Gasteiger partial charge in [-0.2, -0.15) is 0 Å². The van der Waals surface area contributed by atoms with E-state index in [1.807, 2.05) is 0 Å². The molecule has 0 aromatic heterocycles. The number of hydrogen-bond donors (Lipinski definition) is 0. The van der Waals surface area contributed by atoms with Gasteiger partial charge in [-0.05, 0) is 68.7 Å². The van der Waals surface area contributed by atoms with E-state index in [0.29, 0.717) is 0 Å². The van der Waals surface area contributed by atoms with E-state index in [0.717, 1.165) is 23.8 Å². The van der Waals surface area contributed by atoms with Crippen molar-refractivity contribution in [3.63, 3.8) is 0 Å². The summed E-state index contributed by atoms with van der Waals surface area (Å²) < 4.78 is 0. The highest BCUT2D eigenvalue weighted by molar-refractivity contribution is 5.46. The Labute approximate surface area is 158 Å². The molecule has 5 rings (SSSR count). The van der Waals surface area contributed by atoms with Crippen molar-refractivity contribution in [3.8, 4) is 0 Å². The van der Waals surface area contributed by atoms with Gasteiger partial charge in [0.1, 0.15) is 0 Å². The maximum atomic E-state index is 2.77. The van der Waals surface area contributed by atoms with Gasteiger partial charge < -0.3 is 9.80 Å². The van der Waals surface area contributed by atoms with Crippen LogP contribution in [0.3, 0.4) is 0 Å². The van der Waals surface area contributed by atoms with Crippen molar-refractivity contribution in [2.45, 2.75) is 31.7 Å². The number of piperidine rings is 1. The van der Waals surface area contributed by atoms with E-state index in [-0.39, 0.29) is 0 Å². The van der Waals surface area contributed by atoms with Crippen molar-refractivity contribution < 1.29 is 0 Å². The molecule has 0 radical (unpaired) electrons. The SMILES string of the molecule is C1=C[C@H]2C[C@@H]1C[C@H]2CN1CCC(N2CCN(c3ccccc3)CC2)CC1. The first-order chi connectivity index (χ1) is 12.8. The van der Waals surface area contributed by atoms with Gasteiger partial charge in [0.15, 0.2) is 0 Å². The monoisotopic (exact) mass is 351 g/mol. The standard InChI is InChI=1S/C23H33N3/c1-2-4-22(5-3-1)25-12-14-26(15-13-25)23-8-10-24(11-9-23)18-21-17-19-6-7-20(21)16-19/h1-7,19-21,23H,8-18H2/t19-,20+,21+/m1/s1. The van der Waals surface area contributed by atoms with Crippen LogP contribution in [0, 0.1) is 17.8 Å². The molecule has 2 bridgehead atoms. The van der Waals surface area contributed by atoms with Crippen LogP contribution in [0.4, 0.5) is 5.69 Å². The highest BCUT2D eigenvalue weighted by Crippen LogP contribution is 2.43. The molecule has 3 atom stereocenters. The minimum Gasteiger partial charge on any atom is -0.369 e. The van der Waals surface area contributed by atoms with Crippen LogP contribution < -0.4 is 4.90 Å². The topological polar surface area (TPSA) is 9.72 Å². The van der Waals surface area contributed by atoms with Crippen LogP contribution >= 0.6 is 0 Å². The first kappa shape index (κ1) is 16.8. The molecule has 0 spiro atoms. The predicted molar refractivity (Wildman–Crippen MR) is 109 cm³/mol. The Hall–Kier alpha value is -1.32. The number of anilines is 1. The normalized spacial score (nSPS) is 33.2. The highest BCUT2D eigenvalue weighted by atomic mass is 15.3. The summed E-state index contributed by atoms with van der Waals surface area (Å²) in [4.78, 5) is 8.10. The molecule has 0 amide bonds. The Morgan fingerprint density at radius 1 is 0.808 bits per heavy atom. The Balaban J connectivity index is 1.07. The van der Waals surface area contributed by atoms with Gasteiger partial charge in [0.2, 0.25) is 0 Å². The molecule has 1 aromatic carbocycles. The molecule has 4 aliphatic rings. The molecule has 3 heteroatoms. The van der Waals surface area contributed by atoms with Crippen LogP contribution in [0.15, 0.2) is 42.5 Å². The average molecular weight is 352 g/mol. The highest BCUT2D eigenvalue weighted by Gasteiger charge is 2.37. The lowest BCUT2D eigenvalue weighted by atomic mass is 9.92. The predicted octanol–water partition coefficient (Wildman–Crippen LogP) is 3.49. The van der Waals surface area contributed by atoms with Crippen LogP contribution in [-0.2, 0) is 0 Å². The van der Waals surface area contributed by atoms with Crippen molar-refractivity contribution in [1.29, 1.82) is 0 Å². The number of fused-ring (bicyclic) bond motifs is 2. The lowest BCUT2D eigenvalue weighted by molar-refractivity contribution is 0.0919. The van der Waals surface area contributed by atoms with Crippen molar-refractivity contribution in [1.82, 2.24) is 9.80 Å². The molecule has 2 saturated heterocycles. The summed E-state index contributed by atoms with van der Waals surface area (Å²) in [5.41, 5.74) is 1.39. The maximum absolute atomic E-state index is 2.77. The number of allylic oxidation sites excluding steroid dienone is 2. The summed E-state index contributed by atoms with van der Waals surface area (Å²) in [6.45, 7) is 8.83. The summed E-state index contributed by atoms with van der Waals surface area (Å²) in [6, 6.07) is 11.7. The summed E-state index contributed by atoms with van der Waals surface area (Å²) >= 11 is 0. The minimum absolute atomic E-state index is 0.823. The number of nitrogens with zero attached hydrogens (tertiary/aromatic N) is 3. The van der Waals surface area contributed by atoms with Crippen LogP contribution in [0.5, 0.6) is 0 Å². The number of piperazine rings is 1. The van der Waals surface area contributed by atoms with Gasteiger partial charge in [-0.15, -0.1) is 0 Å². The van der Waals surface area contributed by atoms with Gasteiger partial charge in [-0.3, -0.25) is 4.90 Å². The van der Waals surface area contributed by atoms with Crippen molar-refractivity contribution >= 4 is 5.69 Å². The van der Waals surface area contributed by atoms with Gasteiger partial charge in [-0.1, -0.05) is 30.4 Å². The Morgan fingerprint density at radius 3 is 2.23 bits per heavy atom. The zero-order chi connectivity index (χ0) is 17.3. The number of para-hydroxylation sites is 1. The Morgan fingerprint density at radius 2 is 1.58 bits per heavy atom. The van der Waals surface area contributed by atoms with E-state index in [1.165, 1.54) is 77.2 Å². The number of rotatable bonds is 4. The fraction of sp³-hybridized carbons (Fsp3) is 0.652. The van der Waals surface area contributed by atoms with E-state index in [2.05, 4.69) is 57.2 Å². The van der Waals surface area contributed by atoms with Gasteiger partial charge in [0, 0.05) is 44.5 Å². The van der Waals surface area contributed by atoms with Crippen molar-refractivity contribution in [2.24, 2.45) is 17.8 Å². The molecule has 0 unspecified atom stereocenters. The zero-order valence-corrected chi connectivity index (χ0v) is 16.0. The third-order valence-electron chi connectivity index (χ3n) is 7.42. The second kappa shape index (κ2) is 7.36. The van der Waals surface area contributed by atoms with Crippen LogP contribution in [0.1, 0.15) is 25.7 Å². The number of benzene rings is 1. The molecule has 2 aliphatic carbocycles. The Bertz CT molecular complexity index is 612. The molecule has 0 N–H and O–H groups in total. The molecule has 1 saturated carbocycles. The summed E-state index contributed by atoms with van der Waals surface area (Å²) in [6.07, 6.45) is 10.7. The van der Waals surface area contributed by atoms with E-state index in [4.69, 9.17) is 0 Å². The number of likely N-dealkylation sites (tertiary alicyclic amines) is 1. The van der Waals surface area contributed by atoms with Gasteiger partial charge in [0.05, 0.1) is 0 Å². The lowest BCUT2D eigenvalue weighted by Crippen LogP contribution is -2.53. The fourth-order valence-corrected chi connectivity index (χ4v) is 5.89. The summed E-state index contributed by atoms with van der Waals surface area (Å²) in [7, 11) is 0. The first-order valence-corrected chi connectivity index (χ1v) is 10.8. The summed E-state index contributed by atoms with van der Waals surface area (Å²) in [5.74, 6) is 2.78. The van der Waals surface area contributed by atoms with E-state index in [9.17, 15) is 0 Å². The fourth-order valence-electron chi connectivity index (χ4n) is 5.89. The molecule has 2 heterocycles. The van der Waals surface area contributed by atoms with Crippen molar-refractivity contribution in [2.75, 3.05) is 50.7 Å². The molecule has 26 heavy (non-hydrogen) atoms. The van der Waals surface area contributed by atoms with E-state index >= 15 is 0 Å². The van der Waals surface area contributed by atoms with Gasteiger partial charge in [-0.25, -0.2) is 0 Å². The molecule has 140 valence electrons. The third-order valence-corrected chi connectivity index (χ3v) is 7.42. The smallest absolute Gasteiger partial charge is 0.0367 e. The molecule has 3 fully saturated rings. The van der Waals surface area contributed by atoms with Crippen LogP contribution in [-0.4, -0.2) is 61.7 Å². The average Bonchev–Trinajstić information content (AvgIpc) is 3.33. The second-order valence-electron chi connectivity index (χ2n) is 8.93. The molecule has 1 aromatic rings. The van der Waals surface area contributed by atoms with Gasteiger partial charge >= 0.3 is 0 Å². The summed E-state index contributed by atoms with van der Waals surface area (Å²) in [5, 5.41) is 0. The van der Waals surface area contributed by atoms with Crippen LogP contribution in [0.25, 0.3) is 0 Å². The largest absolute Gasteiger partial charge is 0.369 e. The molecular formula is C23H33N3. The van der Waals surface area contributed by atoms with Gasteiger partial charge in [0.25, 0.3) is 0 Å². The molecule has 2 aliphatic heterocycles. The minimum atomic E-state index is 0.823. The number of hydrogen-bond acceptors (Lipinski definition) is 3. The quantitative estimate of drug-likeness (QED) is 0.769. The third kappa shape index (κ3) is 3.44.